The Morgan fingerprint density at radius 2 is 1.72 bits per heavy atom. The molecule has 128 valence electrons. The molecule has 2 aliphatic rings. The minimum Gasteiger partial charge on any atom is -0.292 e. The second-order valence-corrected chi connectivity index (χ2v) is 8.48. The third kappa shape index (κ3) is 2.64. The van der Waals surface area contributed by atoms with Crippen molar-refractivity contribution in [2.75, 3.05) is 6.54 Å². The molecule has 1 fully saturated rings. The second-order valence-electron chi connectivity index (χ2n) is 6.59. The molecule has 0 amide bonds. The average Bonchev–Trinajstić information content (AvgIpc) is 3.05. The first-order valence-electron chi connectivity index (χ1n) is 8.40. The fourth-order valence-electron chi connectivity index (χ4n) is 3.85. The van der Waals surface area contributed by atoms with Gasteiger partial charge in [-0.3, -0.25) is 4.79 Å². The Kier molecular flexibility index (Phi) is 3.85. The van der Waals surface area contributed by atoms with E-state index in [9.17, 15) is 13.2 Å². The quantitative estimate of drug-likeness (QED) is 0.851. The number of carbonyl (C=O) groups is 1. The maximum atomic E-state index is 13.2. The first kappa shape index (κ1) is 16.2. The minimum absolute atomic E-state index is 0.0850. The van der Waals surface area contributed by atoms with Gasteiger partial charge in [0.25, 0.3) is 0 Å². The van der Waals surface area contributed by atoms with E-state index >= 15 is 0 Å². The zero-order valence-electron chi connectivity index (χ0n) is 13.8. The van der Waals surface area contributed by atoms with Gasteiger partial charge in [-0.15, -0.1) is 0 Å². The molecule has 2 aromatic rings. The Hall–Kier alpha value is -2.24. The van der Waals surface area contributed by atoms with Crippen molar-refractivity contribution in [1.82, 2.24) is 4.31 Å². The van der Waals surface area contributed by atoms with Crippen molar-refractivity contribution in [2.45, 2.75) is 24.1 Å². The lowest BCUT2D eigenvalue weighted by Crippen LogP contribution is -2.52. The maximum Gasteiger partial charge on any atom is 0.219 e. The van der Waals surface area contributed by atoms with Gasteiger partial charge in [0.15, 0.2) is 5.78 Å². The summed E-state index contributed by atoms with van der Waals surface area (Å²) in [6, 6.07) is 16.5. The molecule has 1 unspecified atom stereocenters. The number of benzene rings is 2. The van der Waals surface area contributed by atoms with Gasteiger partial charge < -0.3 is 0 Å². The highest BCUT2D eigenvalue weighted by Crippen LogP contribution is 2.40. The van der Waals surface area contributed by atoms with E-state index in [-0.39, 0.29) is 11.5 Å². The van der Waals surface area contributed by atoms with Gasteiger partial charge in [0.05, 0.1) is 5.75 Å². The number of sulfonamides is 1. The molecule has 2 aromatic carbocycles. The summed E-state index contributed by atoms with van der Waals surface area (Å²) in [4.78, 5) is 13.2. The summed E-state index contributed by atoms with van der Waals surface area (Å²) in [7, 11) is -3.60. The number of rotatable bonds is 3. The summed E-state index contributed by atoms with van der Waals surface area (Å²) in [5.41, 5.74) is 1.12. The normalized spacial score (nSPS) is 23.1. The van der Waals surface area contributed by atoms with Crippen LogP contribution in [0.2, 0.25) is 0 Å². The monoisotopic (exact) mass is 353 g/mol. The lowest BCUT2D eigenvalue weighted by Gasteiger charge is -2.36. The molecule has 4 nitrogen and oxygen atoms in total. The Labute approximate surface area is 147 Å². The van der Waals surface area contributed by atoms with E-state index < -0.39 is 15.6 Å². The van der Waals surface area contributed by atoms with E-state index in [0.717, 1.165) is 11.1 Å². The molecule has 0 bridgehead atoms. The number of hydrogen-bond acceptors (Lipinski definition) is 3. The summed E-state index contributed by atoms with van der Waals surface area (Å²) >= 11 is 0. The standard InChI is InChI=1S/C20H19NO3S/c22-19-18-10-5-4-9-17(18)11-13-20(19)12-6-14-21(20)25(23,24)15-16-7-2-1-3-8-16/h1-5,7-11,13H,6,12,14-15H2. The van der Waals surface area contributed by atoms with Gasteiger partial charge in [0.2, 0.25) is 10.0 Å². The third-order valence-electron chi connectivity index (χ3n) is 5.03. The van der Waals surface area contributed by atoms with Gasteiger partial charge in [0.1, 0.15) is 5.54 Å². The van der Waals surface area contributed by atoms with Gasteiger partial charge >= 0.3 is 0 Å². The van der Waals surface area contributed by atoms with Crippen LogP contribution in [-0.4, -0.2) is 30.6 Å². The van der Waals surface area contributed by atoms with Gasteiger partial charge in [-0.2, -0.15) is 4.31 Å². The van der Waals surface area contributed by atoms with Gasteiger partial charge in [-0.25, -0.2) is 8.42 Å². The molecule has 1 atom stereocenters. The van der Waals surface area contributed by atoms with E-state index in [2.05, 4.69) is 0 Å². The number of hydrogen-bond donors (Lipinski definition) is 0. The first-order chi connectivity index (χ1) is 12.0. The molecule has 1 spiro atoms. The fraction of sp³-hybridized carbons (Fsp3) is 0.250. The lowest BCUT2D eigenvalue weighted by atomic mass is 9.81. The van der Waals surface area contributed by atoms with Crippen LogP contribution in [0.3, 0.4) is 0 Å². The molecular formula is C20H19NO3S. The van der Waals surface area contributed by atoms with E-state index in [0.29, 0.717) is 24.9 Å². The van der Waals surface area contributed by atoms with E-state index in [1.54, 1.807) is 24.3 Å². The molecule has 1 heterocycles. The maximum absolute atomic E-state index is 13.2. The highest BCUT2D eigenvalue weighted by Gasteiger charge is 2.52. The van der Waals surface area contributed by atoms with Crippen LogP contribution in [0, 0.1) is 0 Å². The molecule has 1 aliphatic carbocycles. The Bertz CT molecular complexity index is 950. The molecule has 1 aliphatic heterocycles. The molecule has 4 rings (SSSR count). The first-order valence-corrected chi connectivity index (χ1v) is 10.0. The second kappa shape index (κ2) is 5.93. The van der Waals surface area contributed by atoms with Crippen LogP contribution in [-0.2, 0) is 15.8 Å². The molecule has 0 N–H and O–H groups in total. The van der Waals surface area contributed by atoms with Crippen molar-refractivity contribution in [3.8, 4) is 0 Å². The molecule has 1 saturated heterocycles. The number of ketones is 1. The zero-order valence-corrected chi connectivity index (χ0v) is 14.6. The van der Waals surface area contributed by atoms with Crippen LogP contribution in [0.5, 0.6) is 0 Å². The number of nitrogens with zero attached hydrogens (tertiary/aromatic N) is 1. The summed E-state index contributed by atoms with van der Waals surface area (Å²) < 4.78 is 27.6. The predicted molar refractivity (Wildman–Crippen MR) is 97.5 cm³/mol. The minimum atomic E-state index is -3.60. The van der Waals surface area contributed by atoms with Crippen LogP contribution in [0.4, 0.5) is 0 Å². The number of fused-ring (bicyclic) bond motifs is 1. The predicted octanol–water partition coefficient (Wildman–Crippen LogP) is 3.26. The van der Waals surface area contributed by atoms with Gasteiger partial charge in [-0.05, 0) is 24.0 Å². The summed E-state index contributed by atoms with van der Waals surface area (Å²) in [5, 5.41) is 0. The van der Waals surface area contributed by atoms with Crippen molar-refractivity contribution >= 4 is 21.9 Å². The largest absolute Gasteiger partial charge is 0.292 e. The smallest absolute Gasteiger partial charge is 0.219 e. The topological polar surface area (TPSA) is 54.5 Å². The fourth-order valence-corrected chi connectivity index (χ4v) is 5.75. The van der Waals surface area contributed by atoms with E-state index in [4.69, 9.17) is 0 Å². The van der Waals surface area contributed by atoms with Crippen molar-refractivity contribution in [2.24, 2.45) is 0 Å². The van der Waals surface area contributed by atoms with E-state index in [1.807, 2.05) is 42.5 Å². The Morgan fingerprint density at radius 1 is 1.00 bits per heavy atom. The van der Waals surface area contributed by atoms with Crippen molar-refractivity contribution in [3.63, 3.8) is 0 Å². The van der Waals surface area contributed by atoms with Crippen molar-refractivity contribution in [1.29, 1.82) is 0 Å². The zero-order chi connectivity index (χ0) is 17.5. The summed E-state index contributed by atoms with van der Waals surface area (Å²) in [6.07, 6.45) is 4.89. The summed E-state index contributed by atoms with van der Waals surface area (Å²) in [6.45, 7) is 0.382. The number of Topliss-reactive ketones (excluding diaryl/α,β-unsaturated/α-hetero) is 1. The molecule has 25 heavy (non-hydrogen) atoms. The van der Waals surface area contributed by atoms with Crippen LogP contribution in [0.15, 0.2) is 60.7 Å². The SMILES string of the molecule is O=C1c2ccccc2C=CC12CCCN2S(=O)(=O)Cc1ccccc1. The summed E-state index contributed by atoms with van der Waals surface area (Å²) in [5.74, 6) is -0.196. The lowest BCUT2D eigenvalue weighted by molar-refractivity contribution is 0.0848. The van der Waals surface area contributed by atoms with Crippen molar-refractivity contribution in [3.05, 3.63) is 77.4 Å². The van der Waals surface area contributed by atoms with Crippen LogP contribution in [0.25, 0.3) is 6.08 Å². The highest BCUT2D eigenvalue weighted by molar-refractivity contribution is 7.88. The molecule has 0 aromatic heterocycles. The average molecular weight is 353 g/mol. The molecule has 0 saturated carbocycles. The number of carbonyl (C=O) groups excluding carboxylic acids is 1. The van der Waals surface area contributed by atoms with Crippen LogP contribution in [0.1, 0.15) is 34.3 Å². The molecular weight excluding hydrogens is 334 g/mol. The van der Waals surface area contributed by atoms with E-state index in [1.165, 1.54) is 4.31 Å². The molecule has 5 heteroatoms. The van der Waals surface area contributed by atoms with Gasteiger partial charge in [0, 0.05) is 12.1 Å². The Morgan fingerprint density at radius 3 is 2.52 bits per heavy atom. The van der Waals surface area contributed by atoms with Gasteiger partial charge in [-0.1, -0.05) is 66.7 Å². The van der Waals surface area contributed by atoms with Crippen LogP contribution >= 0.6 is 0 Å². The molecule has 0 radical (unpaired) electrons. The highest BCUT2D eigenvalue weighted by atomic mass is 32.2. The van der Waals surface area contributed by atoms with Crippen molar-refractivity contribution < 1.29 is 13.2 Å². The van der Waals surface area contributed by atoms with Crippen LogP contribution < -0.4 is 0 Å². The Balaban J connectivity index is 1.73. The third-order valence-corrected chi connectivity index (χ3v) is 6.91.